The van der Waals surface area contributed by atoms with Gasteiger partial charge < -0.3 is 34.9 Å². The minimum Gasteiger partial charge on any atom is -0.480 e. The molecular formula is C33H73GdN7O18P4. The predicted molar refractivity (Wildman–Crippen MR) is 232 cm³/mol. The van der Waals surface area contributed by atoms with Crippen LogP contribution in [0.2, 0.25) is 0 Å². The van der Waals surface area contributed by atoms with Crippen LogP contribution in [-0.4, -0.2) is 272 Å². The fourth-order valence-corrected chi connectivity index (χ4v) is 10.4. The Bertz CT molecular complexity index is 1440. The smallest absolute Gasteiger partial charge is 0.317 e. The van der Waals surface area contributed by atoms with Crippen molar-refractivity contribution >= 4 is 47.4 Å². The van der Waals surface area contributed by atoms with E-state index in [4.69, 9.17) is 25.8 Å². The van der Waals surface area contributed by atoms with Gasteiger partial charge in [-0.15, -0.1) is 0 Å². The zero-order valence-electron chi connectivity index (χ0n) is 36.9. The summed E-state index contributed by atoms with van der Waals surface area (Å²) in [6, 6.07) is 0. The van der Waals surface area contributed by atoms with E-state index in [9.17, 15) is 52.2 Å². The summed E-state index contributed by atoms with van der Waals surface area (Å²) in [6.07, 6.45) is 0.299. The summed E-state index contributed by atoms with van der Waals surface area (Å²) in [7, 11) is -13.5. The molecule has 25 nitrogen and oxygen atoms in total. The average molecular weight is 1140 g/mol. The van der Waals surface area contributed by atoms with E-state index in [1.807, 2.05) is 19.6 Å². The van der Waals surface area contributed by atoms with E-state index < -0.39 is 60.5 Å². The van der Waals surface area contributed by atoms with Gasteiger partial charge in [0.1, 0.15) is 0 Å². The van der Waals surface area contributed by atoms with Crippen molar-refractivity contribution in [1.29, 1.82) is 0 Å². The van der Waals surface area contributed by atoms with Gasteiger partial charge in [0.2, 0.25) is 29.5 Å². The Labute approximate surface area is 402 Å². The third-order valence-corrected chi connectivity index (χ3v) is 16.1. The van der Waals surface area contributed by atoms with E-state index in [0.717, 1.165) is 0 Å². The van der Waals surface area contributed by atoms with Crippen molar-refractivity contribution in [2.45, 2.75) is 20.8 Å². The molecule has 0 bridgehead atoms. The molecule has 1 heterocycles. The first kappa shape index (κ1) is 65.1. The summed E-state index contributed by atoms with van der Waals surface area (Å²) in [4.78, 5) is 93.2. The zero-order chi connectivity index (χ0) is 47.6. The molecule has 0 amide bonds. The minimum absolute atomic E-state index is 0. The number of carboxylic acids is 3. The summed E-state index contributed by atoms with van der Waals surface area (Å²) in [5.74, 6) is -3.44. The summed E-state index contributed by atoms with van der Waals surface area (Å²) in [6.45, 7) is 9.57. The molecule has 4 atom stereocenters. The molecule has 376 valence electrons. The topological polar surface area (TPSA) is 343 Å². The van der Waals surface area contributed by atoms with Crippen molar-refractivity contribution in [3.05, 3.63) is 0 Å². The molecule has 1 aliphatic rings. The number of carbonyl (C=O) groups is 3. The molecule has 0 saturated carbocycles. The van der Waals surface area contributed by atoms with E-state index in [0.29, 0.717) is 72.0 Å². The van der Waals surface area contributed by atoms with Crippen molar-refractivity contribution < 1.29 is 128 Å². The number of nitrogens with zero attached hydrogens (tertiary/aromatic N) is 7. The Morgan fingerprint density at radius 3 is 0.984 bits per heavy atom. The first-order chi connectivity index (χ1) is 28.8. The van der Waals surface area contributed by atoms with Crippen LogP contribution in [0, 0.1) is 39.9 Å². The van der Waals surface area contributed by atoms with Crippen molar-refractivity contribution in [1.82, 2.24) is 34.3 Å². The molecule has 1 saturated heterocycles. The molecule has 9 N–H and O–H groups in total. The van der Waals surface area contributed by atoms with Crippen molar-refractivity contribution in [3.63, 3.8) is 0 Å². The Kier molecular flexibility index (Phi) is 35.5. The molecule has 0 radical (unpaired) electrons. The van der Waals surface area contributed by atoms with Crippen LogP contribution in [0.15, 0.2) is 0 Å². The molecule has 4 unspecified atom stereocenters. The average Bonchev–Trinajstić information content (AvgIpc) is 3.16. The number of hydrogen-bond donors (Lipinski definition) is 9. The SMILES string of the molecule is CCP(=O)(O)CN1CCN(CP(C)(=O)O)CCN(CP(=O)(O)CC)CCN(CP(=O)(O)CC)CC1.O=C(O)CN(CCN(CCOO)CCOO)CCN(CC(=O)O)CC(=O)O.[Gd]. The van der Waals surface area contributed by atoms with Gasteiger partial charge in [-0.05, 0) is 0 Å². The quantitative estimate of drug-likeness (QED) is 0.0269. The van der Waals surface area contributed by atoms with Gasteiger partial charge in [-0.25, -0.2) is 9.78 Å². The minimum atomic E-state index is -3.37. The second kappa shape index (κ2) is 34.4. The Morgan fingerprint density at radius 1 is 0.476 bits per heavy atom. The van der Waals surface area contributed by atoms with Crippen molar-refractivity contribution in [3.8, 4) is 0 Å². The van der Waals surface area contributed by atoms with E-state index in [2.05, 4.69) is 9.78 Å². The van der Waals surface area contributed by atoms with Crippen LogP contribution in [0.4, 0.5) is 0 Å². The molecule has 0 aromatic carbocycles. The van der Waals surface area contributed by atoms with Crippen molar-refractivity contribution in [2.24, 2.45) is 0 Å². The summed E-state index contributed by atoms with van der Waals surface area (Å²) in [5.41, 5.74) is 0. The molecule has 0 aliphatic carbocycles. The van der Waals surface area contributed by atoms with Crippen LogP contribution in [0.3, 0.4) is 0 Å². The second-order valence-corrected chi connectivity index (χ2v) is 25.5. The first-order valence-electron chi connectivity index (χ1n) is 20.2. The number of hydrogen-bond acceptors (Lipinski definition) is 18. The molecular weight excluding hydrogens is 1060 g/mol. The van der Waals surface area contributed by atoms with Crippen LogP contribution in [0.25, 0.3) is 0 Å². The Hall–Kier alpha value is 0.0547. The van der Waals surface area contributed by atoms with Crippen LogP contribution >= 0.6 is 29.5 Å². The van der Waals surface area contributed by atoms with Gasteiger partial charge in [-0.1, -0.05) is 20.8 Å². The molecule has 0 aromatic heterocycles. The van der Waals surface area contributed by atoms with E-state index in [1.165, 1.54) is 16.5 Å². The van der Waals surface area contributed by atoms with Crippen LogP contribution in [-0.2, 0) is 42.4 Å². The summed E-state index contributed by atoms with van der Waals surface area (Å²) >= 11 is 0. The number of carboxylic acid groups (broad SMARTS) is 3. The third kappa shape index (κ3) is 35.8. The molecule has 63 heavy (non-hydrogen) atoms. The largest absolute Gasteiger partial charge is 0.480 e. The van der Waals surface area contributed by atoms with Gasteiger partial charge in [-0.2, -0.15) is 0 Å². The normalized spacial score (nSPS) is 19.3. The predicted octanol–water partition coefficient (Wildman–Crippen LogP) is -0.0655. The molecule has 1 rings (SSSR count). The monoisotopic (exact) mass is 1140 g/mol. The summed E-state index contributed by atoms with van der Waals surface area (Å²) in [5, 5.41) is 43.6. The standard InChI is InChI=1S/C19H46N4O8P4.C14H27N3O10.Gd/c1-5-33(26,27)17-21-10-8-20(16-32(4,24)25)9-11-22(18-34(28,29)6-2)13-15-23(14-12-21)19-35(30,31)7-3;18-12(19)9-16(2-1-15(5-7-26-24)6-8-27-25)3-4-17(10-13(20)21)11-14(22)23;/h5-19H2,1-4H3,(H,24,25)(H,26,27)(H,28,29)(H,30,31);24-25H,1-11H2,(H,18,19)(H,20,21)(H,22,23);. The van der Waals surface area contributed by atoms with Gasteiger partial charge in [0.05, 0.1) is 58.0 Å². The molecule has 1 fully saturated rings. The molecule has 0 aromatic rings. The van der Waals surface area contributed by atoms with E-state index >= 15 is 0 Å². The number of aliphatic carboxylic acids is 3. The van der Waals surface area contributed by atoms with Gasteiger partial charge in [-0.3, -0.25) is 77.5 Å². The van der Waals surface area contributed by atoms with Gasteiger partial charge in [0.15, 0.2) is 0 Å². The van der Waals surface area contributed by atoms with Crippen LogP contribution in [0.1, 0.15) is 20.8 Å². The van der Waals surface area contributed by atoms with Crippen LogP contribution in [0.5, 0.6) is 0 Å². The number of rotatable bonds is 29. The maximum atomic E-state index is 12.5. The molecule has 0 spiro atoms. The Morgan fingerprint density at radius 2 is 0.730 bits per heavy atom. The maximum absolute atomic E-state index is 12.5. The molecule has 30 heteroatoms. The van der Waals surface area contributed by atoms with Gasteiger partial charge in [0.25, 0.3) is 0 Å². The molecule has 1 aliphatic heterocycles. The second-order valence-electron chi connectivity index (χ2n) is 15.3. The summed E-state index contributed by atoms with van der Waals surface area (Å²) < 4.78 is 49.5. The Balaban J connectivity index is 0. The van der Waals surface area contributed by atoms with Crippen molar-refractivity contribution in [2.75, 3.05) is 175 Å². The van der Waals surface area contributed by atoms with E-state index in [-0.39, 0.29) is 123 Å². The third-order valence-electron chi connectivity index (χ3n) is 9.68. The maximum Gasteiger partial charge on any atom is 0.317 e. The van der Waals surface area contributed by atoms with Gasteiger partial charge >= 0.3 is 17.9 Å². The zero-order valence-corrected chi connectivity index (χ0v) is 42.7. The van der Waals surface area contributed by atoms with Crippen LogP contribution < -0.4 is 0 Å². The fraction of sp³-hybridized carbons (Fsp3) is 0.909. The fourth-order valence-electron chi connectivity index (χ4n) is 6.05. The first-order valence-corrected chi connectivity index (χ1v) is 28.6. The van der Waals surface area contributed by atoms with Gasteiger partial charge in [0, 0.05) is 157 Å². The van der Waals surface area contributed by atoms with E-state index in [1.54, 1.807) is 25.7 Å².